The Morgan fingerprint density at radius 3 is 2.52 bits per heavy atom. The monoisotopic (exact) mass is 581 g/mol. The van der Waals surface area contributed by atoms with E-state index in [0.29, 0.717) is 33.4 Å². The third-order valence-electron chi connectivity index (χ3n) is 6.54. The summed E-state index contributed by atoms with van der Waals surface area (Å²) in [6.45, 7) is 4.93. The maximum atomic E-state index is 14.8. The van der Waals surface area contributed by atoms with Crippen LogP contribution in [0, 0.1) is 17.1 Å². The molecule has 1 unspecified atom stereocenters. The molecule has 0 aliphatic rings. The maximum absolute atomic E-state index is 14.8. The number of aliphatic hydroxyl groups is 1. The molecule has 0 spiro atoms. The summed E-state index contributed by atoms with van der Waals surface area (Å²) in [5.41, 5.74) is 1.98. The number of carbonyl (C=O) groups excluding carboxylic acids is 1. The van der Waals surface area contributed by atoms with Crippen molar-refractivity contribution in [1.29, 1.82) is 5.26 Å². The fraction of sp³-hybridized carbons (Fsp3) is 0.161. The molecule has 42 heavy (non-hydrogen) atoms. The lowest BCUT2D eigenvalue weighted by atomic mass is 10.0. The summed E-state index contributed by atoms with van der Waals surface area (Å²) in [5.74, 6) is -0.774. The van der Waals surface area contributed by atoms with E-state index in [4.69, 9.17) is 11.6 Å². The van der Waals surface area contributed by atoms with Gasteiger partial charge in [-0.05, 0) is 68.8 Å². The third-order valence-corrected chi connectivity index (χ3v) is 6.91. The second kappa shape index (κ2) is 11.5. The molecule has 3 N–H and O–H groups in total. The highest BCUT2D eigenvalue weighted by Gasteiger charge is 2.23. The lowest BCUT2D eigenvalue weighted by Gasteiger charge is -2.21. The molecule has 0 radical (unpaired) electrons. The van der Waals surface area contributed by atoms with E-state index in [1.54, 1.807) is 63.6 Å². The van der Waals surface area contributed by atoms with E-state index in [1.165, 1.54) is 24.4 Å². The number of amides is 1. The van der Waals surface area contributed by atoms with Crippen LogP contribution < -0.4 is 10.6 Å². The molecule has 0 saturated carbocycles. The summed E-state index contributed by atoms with van der Waals surface area (Å²) in [5, 5.41) is 26.1. The smallest absolute Gasteiger partial charge is 0.275 e. The SMILES string of the molecule is CC(Nc1c(Cl)c(C(=O)Nc2cccnc2)nc2ccc(-c3cnc(C(C)(C)O)nc3)cc12)c1cc(C#N)ccc1F. The summed E-state index contributed by atoms with van der Waals surface area (Å²) in [4.78, 5) is 30.4. The number of pyridine rings is 2. The first-order chi connectivity index (χ1) is 20.0. The van der Waals surface area contributed by atoms with Crippen LogP contribution in [-0.4, -0.2) is 30.9 Å². The number of aromatic nitrogens is 4. The number of hydrogen-bond donors (Lipinski definition) is 3. The third kappa shape index (κ3) is 5.88. The van der Waals surface area contributed by atoms with E-state index in [2.05, 4.69) is 30.6 Å². The number of nitrogens with one attached hydrogen (secondary N) is 2. The van der Waals surface area contributed by atoms with Crippen LogP contribution in [0.15, 0.2) is 73.3 Å². The van der Waals surface area contributed by atoms with E-state index in [0.717, 1.165) is 5.56 Å². The molecule has 3 aromatic heterocycles. The Labute approximate surface area is 246 Å². The molecule has 1 atom stereocenters. The molecule has 11 heteroatoms. The topological polar surface area (TPSA) is 137 Å². The molecule has 0 fully saturated rings. The van der Waals surface area contributed by atoms with Crippen LogP contribution in [0.1, 0.15) is 54.3 Å². The van der Waals surface area contributed by atoms with Crippen molar-refractivity contribution in [2.24, 2.45) is 0 Å². The first-order valence-corrected chi connectivity index (χ1v) is 13.3. The average molecular weight is 582 g/mol. The Hall–Kier alpha value is -4.98. The van der Waals surface area contributed by atoms with Crippen LogP contribution in [0.4, 0.5) is 15.8 Å². The predicted octanol–water partition coefficient (Wildman–Crippen LogP) is 6.40. The molecular formula is C31H25ClFN7O2. The number of hydrogen-bond acceptors (Lipinski definition) is 8. The number of benzene rings is 2. The van der Waals surface area contributed by atoms with E-state index in [-0.39, 0.29) is 22.1 Å². The molecule has 0 bridgehead atoms. The van der Waals surface area contributed by atoms with Gasteiger partial charge in [-0.15, -0.1) is 0 Å². The first-order valence-electron chi connectivity index (χ1n) is 12.9. The summed E-state index contributed by atoms with van der Waals surface area (Å²) < 4.78 is 14.8. The second-order valence-corrected chi connectivity index (χ2v) is 10.5. The van der Waals surface area contributed by atoms with Gasteiger partial charge < -0.3 is 15.7 Å². The minimum atomic E-state index is -1.20. The van der Waals surface area contributed by atoms with Crippen molar-refractivity contribution in [1.82, 2.24) is 19.9 Å². The predicted molar refractivity (Wildman–Crippen MR) is 158 cm³/mol. The van der Waals surface area contributed by atoms with E-state index in [9.17, 15) is 19.6 Å². The van der Waals surface area contributed by atoms with Gasteiger partial charge in [-0.2, -0.15) is 5.26 Å². The van der Waals surface area contributed by atoms with Gasteiger partial charge >= 0.3 is 0 Å². The summed E-state index contributed by atoms with van der Waals surface area (Å²) in [7, 11) is 0. The van der Waals surface area contributed by atoms with Gasteiger partial charge in [0, 0.05) is 35.1 Å². The highest BCUT2D eigenvalue weighted by atomic mass is 35.5. The van der Waals surface area contributed by atoms with Gasteiger partial charge in [0.25, 0.3) is 5.91 Å². The lowest BCUT2D eigenvalue weighted by Crippen LogP contribution is -2.19. The second-order valence-electron chi connectivity index (χ2n) is 10.1. The lowest BCUT2D eigenvalue weighted by molar-refractivity contribution is 0.0687. The highest BCUT2D eigenvalue weighted by molar-refractivity contribution is 6.38. The molecule has 0 saturated heterocycles. The van der Waals surface area contributed by atoms with Crippen LogP contribution in [0.5, 0.6) is 0 Å². The zero-order chi connectivity index (χ0) is 30.0. The fourth-order valence-electron chi connectivity index (χ4n) is 4.37. The Morgan fingerprint density at radius 1 is 1.10 bits per heavy atom. The van der Waals surface area contributed by atoms with E-state index in [1.807, 2.05) is 12.1 Å². The molecule has 1 amide bonds. The fourth-order valence-corrected chi connectivity index (χ4v) is 4.65. The van der Waals surface area contributed by atoms with Gasteiger partial charge in [0.05, 0.1) is 45.8 Å². The van der Waals surface area contributed by atoms with Gasteiger partial charge in [-0.3, -0.25) is 9.78 Å². The zero-order valence-corrected chi connectivity index (χ0v) is 23.6. The minimum absolute atomic E-state index is 0.0263. The van der Waals surface area contributed by atoms with E-state index >= 15 is 0 Å². The average Bonchev–Trinajstić information content (AvgIpc) is 2.98. The Kier molecular flexibility index (Phi) is 7.81. The number of fused-ring (bicyclic) bond motifs is 1. The van der Waals surface area contributed by atoms with Gasteiger partial charge in [0.15, 0.2) is 5.82 Å². The molecule has 5 aromatic rings. The number of rotatable bonds is 7. The van der Waals surface area contributed by atoms with Crippen molar-refractivity contribution < 1.29 is 14.3 Å². The molecule has 210 valence electrons. The molecule has 0 aliphatic heterocycles. The Balaban J connectivity index is 1.62. The molecule has 3 heterocycles. The summed E-state index contributed by atoms with van der Waals surface area (Å²) in [6.07, 6.45) is 6.29. The van der Waals surface area contributed by atoms with E-state index < -0.39 is 23.4 Å². The standard InChI is InChI=1S/C31H25ClFN7O2/c1-17(22-11-18(13-34)6-8-24(22)33)38-27-23-12-19(20-14-36-30(37-15-20)31(2,3)42)7-9-25(23)40-28(26(27)32)29(41)39-21-5-4-10-35-16-21/h4-12,14-17,42H,1-3H3,(H,38,40)(H,39,41). The van der Waals surface area contributed by atoms with Gasteiger partial charge in [-0.25, -0.2) is 19.3 Å². The number of nitrogens with zero attached hydrogens (tertiary/aromatic N) is 5. The summed E-state index contributed by atoms with van der Waals surface area (Å²) in [6, 6.07) is 14.2. The molecular weight excluding hydrogens is 557 g/mol. The number of anilines is 2. The summed E-state index contributed by atoms with van der Waals surface area (Å²) >= 11 is 6.85. The number of halogens is 2. The minimum Gasteiger partial charge on any atom is -0.382 e. The molecule has 0 aliphatic carbocycles. The highest BCUT2D eigenvalue weighted by Crippen LogP contribution is 2.38. The van der Waals surface area contributed by atoms with Gasteiger partial charge in [0.2, 0.25) is 0 Å². The number of nitriles is 1. The van der Waals surface area contributed by atoms with Crippen LogP contribution in [-0.2, 0) is 5.60 Å². The van der Waals surface area contributed by atoms with Crippen LogP contribution in [0.3, 0.4) is 0 Å². The first kappa shape index (κ1) is 28.5. The van der Waals surface area contributed by atoms with Crippen LogP contribution in [0.2, 0.25) is 5.02 Å². The van der Waals surface area contributed by atoms with Crippen molar-refractivity contribution in [3.63, 3.8) is 0 Å². The maximum Gasteiger partial charge on any atom is 0.275 e. The van der Waals surface area contributed by atoms with Crippen molar-refractivity contribution in [2.75, 3.05) is 10.6 Å². The number of carbonyl (C=O) groups is 1. The normalized spacial score (nSPS) is 12.0. The molecule has 9 nitrogen and oxygen atoms in total. The Bertz CT molecular complexity index is 1840. The quantitative estimate of drug-likeness (QED) is 0.201. The van der Waals surface area contributed by atoms with Crippen molar-refractivity contribution >= 4 is 39.8 Å². The van der Waals surface area contributed by atoms with Gasteiger partial charge in [-0.1, -0.05) is 17.7 Å². The van der Waals surface area contributed by atoms with Crippen molar-refractivity contribution in [2.45, 2.75) is 32.4 Å². The van der Waals surface area contributed by atoms with Crippen molar-refractivity contribution in [3.05, 3.63) is 107 Å². The Morgan fingerprint density at radius 2 is 1.86 bits per heavy atom. The zero-order valence-electron chi connectivity index (χ0n) is 22.9. The van der Waals surface area contributed by atoms with Crippen molar-refractivity contribution in [3.8, 4) is 17.2 Å². The van der Waals surface area contributed by atoms with Crippen LogP contribution >= 0.6 is 11.6 Å². The van der Waals surface area contributed by atoms with Crippen LogP contribution in [0.25, 0.3) is 22.0 Å². The molecule has 2 aromatic carbocycles. The van der Waals surface area contributed by atoms with Gasteiger partial charge in [0.1, 0.15) is 17.1 Å². The largest absolute Gasteiger partial charge is 0.382 e. The molecule has 5 rings (SSSR count).